The smallest absolute Gasteiger partial charge is 0.0786 e. The van der Waals surface area contributed by atoms with Crippen LogP contribution in [0.5, 0.6) is 0 Å². The van der Waals surface area contributed by atoms with Gasteiger partial charge in [-0.1, -0.05) is 53.4 Å². The Labute approximate surface area is 145 Å². The number of hydrogen-bond donors (Lipinski definition) is 2. The molecule has 0 aromatic rings. The molecule has 0 fully saturated rings. The SMILES string of the molecule is CC(O)CO.CCCC[N+](CCCC)(CCCC)CCCC.[F-]. The van der Waals surface area contributed by atoms with E-state index in [0.29, 0.717) is 0 Å². The monoisotopic (exact) mass is 337 g/mol. The summed E-state index contributed by atoms with van der Waals surface area (Å²) in [5.41, 5.74) is 0. The topological polar surface area (TPSA) is 40.5 Å². The van der Waals surface area contributed by atoms with E-state index < -0.39 is 6.10 Å². The lowest BCUT2D eigenvalue weighted by Gasteiger charge is -2.39. The van der Waals surface area contributed by atoms with E-state index >= 15 is 0 Å². The first-order valence-corrected chi connectivity index (χ1v) is 9.65. The van der Waals surface area contributed by atoms with E-state index in [2.05, 4.69) is 27.7 Å². The Morgan fingerprint density at radius 2 is 0.913 bits per heavy atom. The zero-order valence-corrected chi connectivity index (χ0v) is 16.5. The van der Waals surface area contributed by atoms with E-state index in [4.69, 9.17) is 10.2 Å². The summed E-state index contributed by atoms with van der Waals surface area (Å²) >= 11 is 0. The maximum Gasteiger partial charge on any atom is 0.0786 e. The van der Waals surface area contributed by atoms with Crippen LogP contribution in [0, 0.1) is 0 Å². The van der Waals surface area contributed by atoms with Gasteiger partial charge in [0.2, 0.25) is 0 Å². The van der Waals surface area contributed by atoms with E-state index in [9.17, 15) is 0 Å². The van der Waals surface area contributed by atoms with Gasteiger partial charge < -0.3 is 19.4 Å². The Bertz CT molecular complexity index is 176. The summed E-state index contributed by atoms with van der Waals surface area (Å²) in [6.07, 6.45) is 10.5. The maximum atomic E-state index is 8.11. The van der Waals surface area contributed by atoms with Crippen LogP contribution in [0.15, 0.2) is 0 Å². The number of unbranched alkanes of at least 4 members (excludes halogenated alkanes) is 4. The number of quaternary nitrogens is 1. The lowest BCUT2D eigenvalue weighted by atomic mass is 10.1. The highest BCUT2D eigenvalue weighted by Gasteiger charge is 2.24. The molecule has 23 heavy (non-hydrogen) atoms. The van der Waals surface area contributed by atoms with Crippen molar-refractivity contribution in [1.29, 1.82) is 0 Å². The molecule has 1 atom stereocenters. The second kappa shape index (κ2) is 19.9. The average Bonchev–Trinajstić information content (AvgIpc) is 2.54. The number of rotatable bonds is 13. The minimum atomic E-state index is -0.560. The number of aliphatic hydroxyl groups is 2. The number of nitrogens with zero attached hydrogens (tertiary/aromatic N) is 1. The second-order valence-electron chi connectivity index (χ2n) is 6.68. The van der Waals surface area contributed by atoms with E-state index in [1.165, 1.54) is 89.0 Å². The molecule has 0 saturated heterocycles. The zero-order valence-electron chi connectivity index (χ0n) is 16.5. The average molecular weight is 338 g/mol. The van der Waals surface area contributed by atoms with Gasteiger partial charge in [0.05, 0.1) is 38.9 Å². The summed E-state index contributed by atoms with van der Waals surface area (Å²) in [6.45, 7) is 16.4. The first-order valence-electron chi connectivity index (χ1n) is 9.65. The Morgan fingerprint density at radius 1 is 0.696 bits per heavy atom. The van der Waals surface area contributed by atoms with Crippen LogP contribution in [0.1, 0.15) is 86.0 Å². The Balaban J connectivity index is -0.000000578. The normalized spacial score (nSPS) is 12.1. The fraction of sp³-hybridized carbons (Fsp3) is 1.00. The van der Waals surface area contributed by atoms with Crippen molar-refractivity contribution >= 4 is 0 Å². The van der Waals surface area contributed by atoms with Gasteiger partial charge in [-0.25, -0.2) is 0 Å². The third-order valence-corrected chi connectivity index (χ3v) is 4.21. The van der Waals surface area contributed by atoms with Crippen LogP contribution >= 0.6 is 0 Å². The first kappa shape index (κ1) is 27.6. The first-order chi connectivity index (χ1) is 10.5. The highest BCUT2D eigenvalue weighted by Crippen LogP contribution is 2.16. The van der Waals surface area contributed by atoms with E-state index in [-0.39, 0.29) is 11.3 Å². The van der Waals surface area contributed by atoms with Crippen LogP contribution in [0.2, 0.25) is 0 Å². The van der Waals surface area contributed by atoms with Gasteiger partial charge in [0, 0.05) is 0 Å². The van der Waals surface area contributed by atoms with Crippen molar-refractivity contribution < 1.29 is 19.4 Å². The van der Waals surface area contributed by atoms with Crippen molar-refractivity contribution in [2.45, 2.75) is 92.1 Å². The quantitative estimate of drug-likeness (QED) is 0.498. The fourth-order valence-corrected chi connectivity index (χ4v) is 2.64. The van der Waals surface area contributed by atoms with Gasteiger partial charge in [-0.3, -0.25) is 0 Å². The molecule has 0 heterocycles. The highest BCUT2D eigenvalue weighted by molar-refractivity contribution is 4.49. The Kier molecular flexibility index (Phi) is 23.9. The van der Waals surface area contributed by atoms with E-state index in [0.717, 1.165) is 0 Å². The summed E-state index contributed by atoms with van der Waals surface area (Å²) in [4.78, 5) is 0. The van der Waals surface area contributed by atoms with Gasteiger partial charge in [-0.2, -0.15) is 0 Å². The molecule has 0 rings (SSSR count). The van der Waals surface area contributed by atoms with Crippen LogP contribution < -0.4 is 4.70 Å². The lowest BCUT2D eigenvalue weighted by molar-refractivity contribution is -0.929. The largest absolute Gasteiger partial charge is 1.00 e. The minimum Gasteiger partial charge on any atom is -1.00 e. The van der Waals surface area contributed by atoms with Crippen molar-refractivity contribution in [2.24, 2.45) is 0 Å². The van der Waals surface area contributed by atoms with Crippen molar-refractivity contribution in [3.8, 4) is 0 Å². The van der Waals surface area contributed by atoms with Crippen LogP contribution in [-0.4, -0.2) is 53.6 Å². The molecular formula is C19H44FNO2. The molecule has 0 bridgehead atoms. The maximum absolute atomic E-state index is 8.11. The van der Waals surface area contributed by atoms with Crippen molar-refractivity contribution in [2.75, 3.05) is 32.8 Å². The molecule has 0 amide bonds. The Hall–Kier alpha value is -0.190. The third-order valence-electron chi connectivity index (χ3n) is 4.21. The molecule has 0 aliphatic heterocycles. The zero-order chi connectivity index (χ0) is 17.3. The van der Waals surface area contributed by atoms with Crippen molar-refractivity contribution in [3.63, 3.8) is 0 Å². The van der Waals surface area contributed by atoms with Crippen LogP contribution in [0.25, 0.3) is 0 Å². The van der Waals surface area contributed by atoms with Crippen molar-refractivity contribution in [3.05, 3.63) is 0 Å². The summed E-state index contributed by atoms with van der Waals surface area (Å²) < 4.78 is 1.42. The van der Waals surface area contributed by atoms with Crippen molar-refractivity contribution in [1.82, 2.24) is 0 Å². The molecule has 0 spiro atoms. The predicted octanol–water partition coefficient (Wildman–Crippen LogP) is 1.37. The number of hydrogen-bond acceptors (Lipinski definition) is 2. The molecule has 0 aromatic carbocycles. The minimum absolute atomic E-state index is 0. The molecule has 144 valence electrons. The fourth-order valence-electron chi connectivity index (χ4n) is 2.64. The van der Waals surface area contributed by atoms with Gasteiger partial charge >= 0.3 is 0 Å². The molecule has 0 radical (unpaired) electrons. The van der Waals surface area contributed by atoms with E-state index in [1.54, 1.807) is 0 Å². The van der Waals surface area contributed by atoms with Gasteiger partial charge in [0.25, 0.3) is 0 Å². The highest BCUT2D eigenvalue weighted by atomic mass is 19.0. The van der Waals surface area contributed by atoms with Crippen LogP contribution in [0.4, 0.5) is 0 Å². The van der Waals surface area contributed by atoms with Crippen LogP contribution in [-0.2, 0) is 0 Å². The van der Waals surface area contributed by atoms with Gasteiger partial charge in [-0.15, -0.1) is 0 Å². The van der Waals surface area contributed by atoms with Crippen LogP contribution in [0.3, 0.4) is 0 Å². The molecule has 0 saturated carbocycles. The number of aliphatic hydroxyl groups excluding tert-OH is 2. The standard InChI is InChI=1S/C16H36N.C3H8O2.FH/c1-5-9-13-17(14-10-6-2,15-11-7-3)16-12-8-4;1-3(5)2-4;/h5-16H2,1-4H3;3-5H,2H2,1H3;1H/q+1;;/p-1. The summed E-state index contributed by atoms with van der Waals surface area (Å²) in [5, 5.41) is 16.0. The van der Waals surface area contributed by atoms with Gasteiger partial charge in [-0.05, 0) is 32.6 Å². The Morgan fingerprint density at radius 3 is 1.04 bits per heavy atom. The molecule has 4 heteroatoms. The molecule has 0 aliphatic rings. The van der Waals surface area contributed by atoms with E-state index in [1.807, 2.05) is 0 Å². The molecule has 0 aliphatic carbocycles. The summed E-state index contributed by atoms with van der Waals surface area (Å²) in [5.74, 6) is 0. The molecular weight excluding hydrogens is 293 g/mol. The van der Waals surface area contributed by atoms with Gasteiger partial charge in [0.15, 0.2) is 0 Å². The molecule has 3 nitrogen and oxygen atoms in total. The number of halogens is 1. The molecule has 0 aromatic heterocycles. The summed E-state index contributed by atoms with van der Waals surface area (Å²) in [7, 11) is 0. The third kappa shape index (κ3) is 18.0. The summed E-state index contributed by atoms with van der Waals surface area (Å²) in [6, 6.07) is 0. The second-order valence-corrected chi connectivity index (χ2v) is 6.68. The lowest BCUT2D eigenvalue weighted by Crippen LogP contribution is -3.00. The molecule has 2 N–H and O–H groups in total. The van der Waals surface area contributed by atoms with Gasteiger partial charge in [0.1, 0.15) is 0 Å². The molecule has 1 unspecified atom stereocenters. The predicted molar refractivity (Wildman–Crippen MR) is 98.1 cm³/mol.